The van der Waals surface area contributed by atoms with Crippen molar-refractivity contribution in [2.24, 2.45) is 0 Å². The van der Waals surface area contributed by atoms with Gasteiger partial charge >= 0.3 is 12.0 Å². The summed E-state index contributed by atoms with van der Waals surface area (Å²) in [5.41, 5.74) is 0. The number of methoxy groups -OCH3 is 2. The second-order valence-electron chi connectivity index (χ2n) is 1.89. The maximum atomic E-state index is 10.1. The molecule has 70 valence electrons. The Morgan fingerprint density at radius 2 is 1.69 bits per heavy atom. The van der Waals surface area contributed by atoms with Gasteiger partial charge in [0.05, 0.1) is 14.2 Å². The van der Waals surface area contributed by atoms with E-state index >= 15 is 0 Å². The summed E-state index contributed by atoms with van der Waals surface area (Å²) < 4.78 is 9.49. The summed E-state index contributed by atoms with van der Waals surface area (Å²) in [5, 5.41) is 2.25. The van der Waals surface area contributed by atoms with E-state index in [1.54, 1.807) is 0 Å². The zero-order valence-corrected chi connectivity index (χ0v) is 7.14. The van der Waals surface area contributed by atoms with Crippen LogP contribution in [0.15, 0.2) is 0 Å². The molecule has 7 heteroatoms. The van der Waals surface area contributed by atoms with Crippen molar-refractivity contribution in [2.75, 3.05) is 19.5 Å². The molecule has 1 aromatic rings. The first-order valence-corrected chi connectivity index (χ1v) is 3.34. The Balaban J connectivity index is 2.99. The summed E-state index contributed by atoms with van der Waals surface area (Å²) >= 11 is 0. The second kappa shape index (κ2) is 4.19. The van der Waals surface area contributed by atoms with Gasteiger partial charge in [-0.3, -0.25) is 10.1 Å². The summed E-state index contributed by atoms with van der Waals surface area (Å²) in [6, 6.07) is 0.160. The first-order valence-electron chi connectivity index (χ1n) is 3.34. The molecule has 0 unspecified atom stereocenters. The van der Waals surface area contributed by atoms with Crippen LogP contribution in [-0.2, 0) is 4.79 Å². The van der Waals surface area contributed by atoms with E-state index in [-0.39, 0.29) is 18.0 Å². The molecule has 0 bridgehead atoms. The van der Waals surface area contributed by atoms with Crippen LogP contribution in [0, 0.1) is 0 Å². The molecule has 0 radical (unpaired) electrons. The molecule has 0 aliphatic heterocycles. The number of carbonyl (C=O) groups excluding carboxylic acids is 1. The maximum Gasteiger partial charge on any atom is 0.324 e. The van der Waals surface area contributed by atoms with Gasteiger partial charge < -0.3 is 9.47 Å². The lowest BCUT2D eigenvalue weighted by molar-refractivity contribution is -0.105. The van der Waals surface area contributed by atoms with Crippen LogP contribution in [0.25, 0.3) is 0 Å². The number of aromatic nitrogens is 3. The smallest absolute Gasteiger partial charge is 0.324 e. The lowest BCUT2D eigenvalue weighted by Crippen LogP contribution is -2.05. The minimum atomic E-state index is 0.0798. The number of hydrogen-bond acceptors (Lipinski definition) is 6. The van der Waals surface area contributed by atoms with Crippen LogP contribution < -0.4 is 14.8 Å². The molecule has 0 aliphatic carbocycles. The molecule has 1 heterocycles. The van der Waals surface area contributed by atoms with Crippen LogP contribution in [0.5, 0.6) is 12.0 Å². The van der Waals surface area contributed by atoms with Gasteiger partial charge in [0.25, 0.3) is 0 Å². The second-order valence-corrected chi connectivity index (χ2v) is 1.89. The molecule has 0 aromatic carbocycles. The molecule has 0 spiro atoms. The van der Waals surface area contributed by atoms with Crippen molar-refractivity contribution in [3.63, 3.8) is 0 Å². The van der Waals surface area contributed by atoms with E-state index < -0.39 is 0 Å². The predicted octanol–water partition coefficient (Wildman–Crippen LogP) is -0.543. The first kappa shape index (κ1) is 9.17. The number of anilines is 1. The normalized spacial score (nSPS) is 9.08. The minimum Gasteiger partial charge on any atom is -0.467 e. The Bertz CT molecular complexity index is 282. The predicted molar refractivity (Wildman–Crippen MR) is 42.6 cm³/mol. The Labute approximate surface area is 74.1 Å². The molecular formula is C6H8N4O3. The van der Waals surface area contributed by atoms with E-state index in [9.17, 15) is 4.79 Å². The molecular weight excluding hydrogens is 176 g/mol. The Morgan fingerprint density at radius 3 is 2.08 bits per heavy atom. The fraction of sp³-hybridized carbons (Fsp3) is 0.333. The Kier molecular flexibility index (Phi) is 2.96. The van der Waals surface area contributed by atoms with Crippen LogP contribution in [-0.4, -0.2) is 35.6 Å². The van der Waals surface area contributed by atoms with Gasteiger partial charge in [-0.25, -0.2) is 0 Å². The highest BCUT2D eigenvalue weighted by atomic mass is 16.5. The van der Waals surface area contributed by atoms with E-state index in [2.05, 4.69) is 20.3 Å². The highest BCUT2D eigenvalue weighted by Crippen LogP contribution is 2.10. The van der Waals surface area contributed by atoms with Gasteiger partial charge in [-0.1, -0.05) is 0 Å². The van der Waals surface area contributed by atoms with Crippen LogP contribution >= 0.6 is 0 Å². The van der Waals surface area contributed by atoms with Crippen molar-refractivity contribution < 1.29 is 14.3 Å². The van der Waals surface area contributed by atoms with Gasteiger partial charge in [-0.05, 0) is 0 Å². The van der Waals surface area contributed by atoms with Gasteiger partial charge in [-0.15, -0.1) is 4.98 Å². The maximum absolute atomic E-state index is 10.1. The quantitative estimate of drug-likeness (QED) is 0.632. The number of nitrogens with zero attached hydrogens (tertiary/aromatic N) is 3. The van der Waals surface area contributed by atoms with Crippen LogP contribution in [0.4, 0.5) is 5.95 Å². The highest BCUT2D eigenvalue weighted by Gasteiger charge is 2.05. The van der Waals surface area contributed by atoms with Gasteiger partial charge in [-0.2, -0.15) is 9.97 Å². The summed E-state index contributed by atoms with van der Waals surface area (Å²) in [5.74, 6) is 0.0821. The molecule has 1 rings (SSSR count). The van der Waals surface area contributed by atoms with Crippen molar-refractivity contribution in [1.82, 2.24) is 15.0 Å². The van der Waals surface area contributed by atoms with E-state index in [4.69, 9.17) is 9.47 Å². The van der Waals surface area contributed by atoms with Crippen LogP contribution in [0.1, 0.15) is 0 Å². The summed E-state index contributed by atoms with van der Waals surface area (Å²) in [4.78, 5) is 21.3. The monoisotopic (exact) mass is 184 g/mol. The molecule has 0 saturated heterocycles. The third-order valence-electron chi connectivity index (χ3n) is 1.15. The van der Waals surface area contributed by atoms with Crippen molar-refractivity contribution in [3.05, 3.63) is 0 Å². The van der Waals surface area contributed by atoms with E-state index in [1.807, 2.05) is 0 Å². The number of nitrogens with one attached hydrogen (secondary N) is 1. The van der Waals surface area contributed by atoms with Crippen LogP contribution in [0.2, 0.25) is 0 Å². The standard InChI is InChI=1S/C6H8N4O3/c1-12-5-8-4(7-3-11)9-6(10-5)13-2/h3H,1-2H3,(H,7,8,9,10,11). The topological polar surface area (TPSA) is 86.2 Å². The van der Waals surface area contributed by atoms with E-state index in [1.165, 1.54) is 14.2 Å². The van der Waals surface area contributed by atoms with Crippen LogP contribution in [0.3, 0.4) is 0 Å². The van der Waals surface area contributed by atoms with E-state index in [0.29, 0.717) is 6.41 Å². The number of ether oxygens (including phenoxy) is 2. The SMILES string of the molecule is COc1nc(NC=O)nc(OC)n1. The van der Waals surface area contributed by atoms with Crippen molar-refractivity contribution in [3.8, 4) is 12.0 Å². The van der Waals surface area contributed by atoms with Gasteiger partial charge in [0.1, 0.15) is 0 Å². The highest BCUT2D eigenvalue weighted by molar-refractivity contribution is 5.66. The summed E-state index contributed by atoms with van der Waals surface area (Å²) in [7, 11) is 2.80. The van der Waals surface area contributed by atoms with Gasteiger partial charge in [0.2, 0.25) is 12.4 Å². The average Bonchev–Trinajstić information content (AvgIpc) is 2.17. The van der Waals surface area contributed by atoms with Crippen molar-refractivity contribution >= 4 is 12.4 Å². The first-order chi connectivity index (χ1) is 6.30. The third kappa shape index (κ3) is 2.26. The van der Waals surface area contributed by atoms with Gasteiger partial charge in [0.15, 0.2) is 0 Å². The molecule has 0 fully saturated rings. The number of amides is 1. The molecule has 0 aliphatic rings. The molecule has 1 aromatic heterocycles. The van der Waals surface area contributed by atoms with E-state index in [0.717, 1.165) is 0 Å². The molecule has 7 nitrogen and oxygen atoms in total. The molecule has 13 heavy (non-hydrogen) atoms. The number of rotatable bonds is 4. The summed E-state index contributed by atoms with van der Waals surface area (Å²) in [6.45, 7) is 0. The van der Waals surface area contributed by atoms with Crippen molar-refractivity contribution in [2.45, 2.75) is 0 Å². The van der Waals surface area contributed by atoms with Crippen molar-refractivity contribution in [1.29, 1.82) is 0 Å². The lowest BCUT2D eigenvalue weighted by Gasteiger charge is -2.02. The Morgan fingerprint density at radius 1 is 1.15 bits per heavy atom. The fourth-order valence-electron chi connectivity index (χ4n) is 0.638. The fourth-order valence-corrected chi connectivity index (χ4v) is 0.638. The van der Waals surface area contributed by atoms with Gasteiger partial charge in [0, 0.05) is 0 Å². The Hall–Kier alpha value is -1.92. The molecule has 0 saturated carbocycles. The number of carbonyl (C=O) groups is 1. The largest absolute Gasteiger partial charge is 0.467 e. The zero-order chi connectivity index (χ0) is 9.68. The number of hydrogen-bond donors (Lipinski definition) is 1. The molecule has 1 amide bonds. The third-order valence-corrected chi connectivity index (χ3v) is 1.15. The lowest BCUT2D eigenvalue weighted by atomic mass is 10.8. The zero-order valence-electron chi connectivity index (χ0n) is 7.14. The summed E-state index contributed by atoms with van der Waals surface area (Å²) in [6.07, 6.45) is 0.453. The molecule has 1 N–H and O–H groups in total. The average molecular weight is 184 g/mol. The molecule has 0 atom stereocenters. The minimum absolute atomic E-state index is 0.0798.